The fourth-order valence-electron chi connectivity index (χ4n) is 2.39. The monoisotopic (exact) mass is 382 g/mol. The molecule has 1 N–H and O–H groups in total. The van der Waals surface area contributed by atoms with Crippen molar-refractivity contribution in [3.05, 3.63) is 22.7 Å². The molecular weight excluding hydrogens is 360 g/mol. The van der Waals surface area contributed by atoms with Gasteiger partial charge in [0.25, 0.3) is 0 Å². The van der Waals surface area contributed by atoms with E-state index >= 15 is 0 Å². The zero-order valence-electron chi connectivity index (χ0n) is 14.3. The highest BCUT2D eigenvalue weighted by Crippen LogP contribution is 2.26. The summed E-state index contributed by atoms with van der Waals surface area (Å²) in [5.74, 6) is 0.778. The Bertz CT molecular complexity index is 719. The van der Waals surface area contributed by atoms with Gasteiger partial charge in [-0.3, -0.25) is 0 Å². The van der Waals surface area contributed by atoms with E-state index in [1.54, 1.807) is 6.20 Å². The number of halogens is 1. The average Bonchev–Trinajstić information content (AvgIpc) is 2.74. The Balaban J connectivity index is 2.35. The number of ether oxygens (including phenoxy) is 1. The molecule has 0 radical (unpaired) electrons. The van der Waals surface area contributed by atoms with Crippen LogP contribution in [0.2, 0.25) is 0 Å². The molecule has 0 fully saturated rings. The lowest BCUT2D eigenvalue weighted by molar-refractivity contribution is 0.0505. The molecule has 1 atom stereocenters. The highest BCUT2D eigenvalue weighted by atomic mass is 79.9. The van der Waals surface area contributed by atoms with Gasteiger partial charge in [-0.05, 0) is 63.5 Å². The zero-order valence-corrected chi connectivity index (χ0v) is 15.9. The summed E-state index contributed by atoms with van der Waals surface area (Å²) in [5, 5.41) is 2.85. The number of nitrogens with zero attached hydrogens (tertiary/aromatic N) is 3. The number of pyridine rings is 1. The van der Waals surface area contributed by atoms with Gasteiger partial charge in [0.2, 0.25) is 0 Å². The first-order valence-corrected chi connectivity index (χ1v) is 8.40. The maximum atomic E-state index is 12.0. The van der Waals surface area contributed by atoms with Gasteiger partial charge in [-0.2, -0.15) is 0 Å². The summed E-state index contributed by atoms with van der Waals surface area (Å²) in [6.45, 7) is 11.6. The molecule has 2 heterocycles. The van der Waals surface area contributed by atoms with Crippen LogP contribution in [0.3, 0.4) is 0 Å². The fourth-order valence-corrected chi connectivity index (χ4v) is 2.71. The van der Waals surface area contributed by atoms with E-state index in [-0.39, 0.29) is 12.1 Å². The van der Waals surface area contributed by atoms with E-state index in [0.29, 0.717) is 0 Å². The second kappa shape index (κ2) is 6.47. The smallest absolute Gasteiger partial charge is 0.408 e. The van der Waals surface area contributed by atoms with Crippen LogP contribution >= 0.6 is 15.9 Å². The molecule has 0 saturated heterocycles. The predicted molar refractivity (Wildman–Crippen MR) is 93.4 cm³/mol. The number of hydrogen-bond donors (Lipinski definition) is 1. The molecule has 0 aliphatic rings. The fraction of sp³-hybridized carbons (Fsp3) is 0.562. The van der Waals surface area contributed by atoms with Crippen molar-refractivity contribution >= 4 is 33.1 Å². The number of hydrogen-bond acceptors (Lipinski definition) is 4. The Hall–Kier alpha value is -1.63. The van der Waals surface area contributed by atoms with E-state index in [1.807, 2.05) is 33.8 Å². The second-order valence-electron chi connectivity index (χ2n) is 6.80. The number of carbonyl (C=O) groups is 1. The molecule has 7 heteroatoms. The minimum Gasteiger partial charge on any atom is -0.444 e. The van der Waals surface area contributed by atoms with Gasteiger partial charge in [0.15, 0.2) is 0 Å². The van der Waals surface area contributed by atoms with E-state index in [9.17, 15) is 4.79 Å². The molecule has 0 aliphatic carbocycles. The first-order chi connectivity index (χ1) is 10.6. The van der Waals surface area contributed by atoms with Crippen molar-refractivity contribution in [1.82, 2.24) is 19.9 Å². The Kier molecular flexibility index (Phi) is 4.98. The summed E-state index contributed by atoms with van der Waals surface area (Å²) in [6.07, 6.45) is 1.27. The Labute approximate surface area is 144 Å². The van der Waals surface area contributed by atoms with Gasteiger partial charge < -0.3 is 14.6 Å². The van der Waals surface area contributed by atoms with Gasteiger partial charge in [-0.25, -0.2) is 14.8 Å². The standard InChI is InChI=1S/C16H23BrN4O2/c1-9(2)21-12-7-13(17)18-8-11(12)20-14(21)10(3)19-15(22)23-16(4,5)6/h7-10H,1-6H3,(H,19,22)/t10-/m1/s1. The summed E-state index contributed by atoms with van der Waals surface area (Å²) in [5.41, 5.74) is 1.25. The molecule has 23 heavy (non-hydrogen) atoms. The van der Waals surface area contributed by atoms with Gasteiger partial charge in [0.1, 0.15) is 21.5 Å². The summed E-state index contributed by atoms with van der Waals surface area (Å²) in [6, 6.07) is 1.86. The van der Waals surface area contributed by atoms with Crippen molar-refractivity contribution in [2.45, 2.75) is 59.2 Å². The van der Waals surface area contributed by atoms with E-state index in [4.69, 9.17) is 4.74 Å². The van der Waals surface area contributed by atoms with Crippen LogP contribution in [-0.2, 0) is 4.74 Å². The topological polar surface area (TPSA) is 69.0 Å². The molecule has 2 aromatic heterocycles. The maximum absolute atomic E-state index is 12.0. The minimum atomic E-state index is -0.531. The van der Waals surface area contributed by atoms with Crippen molar-refractivity contribution < 1.29 is 9.53 Å². The predicted octanol–water partition coefficient (Wildman–Crippen LogP) is 4.36. The van der Waals surface area contributed by atoms with Crippen LogP contribution < -0.4 is 5.32 Å². The number of amides is 1. The number of rotatable bonds is 3. The van der Waals surface area contributed by atoms with Crippen LogP contribution in [0.15, 0.2) is 16.9 Å². The van der Waals surface area contributed by atoms with E-state index < -0.39 is 11.7 Å². The molecule has 0 unspecified atom stereocenters. The molecule has 2 aromatic rings. The molecule has 126 valence electrons. The molecular formula is C16H23BrN4O2. The average molecular weight is 383 g/mol. The third-order valence-electron chi connectivity index (χ3n) is 3.21. The molecule has 2 rings (SSSR count). The van der Waals surface area contributed by atoms with Crippen LogP contribution in [0.5, 0.6) is 0 Å². The lowest BCUT2D eigenvalue weighted by atomic mass is 10.2. The van der Waals surface area contributed by atoms with Crippen molar-refractivity contribution in [2.24, 2.45) is 0 Å². The summed E-state index contributed by atoms with van der Waals surface area (Å²) < 4.78 is 8.17. The molecule has 0 aliphatic heterocycles. The highest BCUT2D eigenvalue weighted by molar-refractivity contribution is 9.10. The summed E-state index contributed by atoms with van der Waals surface area (Å²) in [7, 11) is 0. The number of imidazole rings is 1. The van der Waals surface area contributed by atoms with Gasteiger partial charge in [0, 0.05) is 6.04 Å². The number of carbonyl (C=O) groups excluding carboxylic acids is 1. The Morgan fingerprint density at radius 1 is 1.35 bits per heavy atom. The van der Waals surface area contributed by atoms with Crippen molar-refractivity contribution in [3.63, 3.8) is 0 Å². The van der Waals surface area contributed by atoms with Gasteiger partial charge >= 0.3 is 6.09 Å². The van der Waals surface area contributed by atoms with Crippen LogP contribution in [0, 0.1) is 0 Å². The van der Waals surface area contributed by atoms with Crippen LogP contribution in [0.1, 0.15) is 59.5 Å². The van der Waals surface area contributed by atoms with Gasteiger partial charge in [-0.1, -0.05) is 0 Å². The third-order valence-corrected chi connectivity index (χ3v) is 3.64. The maximum Gasteiger partial charge on any atom is 0.408 e. The summed E-state index contributed by atoms with van der Waals surface area (Å²) >= 11 is 3.39. The lowest BCUT2D eigenvalue weighted by Gasteiger charge is -2.23. The molecule has 0 bridgehead atoms. The van der Waals surface area contributed by atoms with Crippen LogP contribution in [0.4, 0.5) is 4.79 Å². The Morgan fingerprint density at radius 2 is 2.00 bits per heavy atom. The highest BCUT2D eigenvalue weighted by Gasteiger charge is 2.23. The van der Waals surface area contributed by atoms with E-state index in [2.05, 4.69) is 49.6 Å². The Morgan fingerprint density at radius 3 is 2.57 bits per heavy atom. The number of alkyl carbamates (subject to hydrolysis) is 1. The SMILES string of the molecule is CC(C)n1c([C@@H](C)NC(=O)OC(C)(C)C)nc2cnc(Br)cc21. The number of nitrogens with one attached hydrogen (secondary N) is 1. The molecule has 1 amide bonds. The van der Waals surface area contributed by atoms with Crippen molar-refractivity contribution in [2.75, 3.05) is 0 Å². The van der Waals surface area contributed by atoms with Crippen LogP contribution in [-0.4, -0.2) is 26.2 Å². The number of fused-ring (bicyclic) bond motifs is 1. The molecule has 6 nitrogen and oxygen atoms in total. The second-order valence-corrected chi connectivity index (χ2v) is 7.61. The van der Waals surface area contributed by atoms with E-state index in [0.717, 1.165) is 21.5 Å². The normalized spacial score (nSPS) is 13.4. The van der Waals surface area contributed by atoms with Crippen LogP contribution in [0.25, 0.3) is 11.0 Å². The summed E-state index contributed by atoms with van der Waals surface area (Å²) in [4.78, 5) is 20.9. The molecule has 0 spiro atoms. The zero-order chi connectivity index (χ0) is 17.4. The van der Waals surface area contributed by atoms with E-state index in [1.165, 1.54) is 0 Å². The van der Waals surface area contributed by atoms with Crippen molar-refractivity contribution in [3.8, 4) is 0 Å². The lowest BCUT2D eigenvalue weighted by Crippen LogP contribution is -2.35. The quantitative estimate of drug-likeness (QED) is 0.800. The number of aromatic nitrogens is 3. The first-order valence-electron chi connectivity index (χ1n) is 7.61. The first kappa shape index (κ1) is 17.7. The van der Waals surface area contributed by atoms with Gasteiger partial charge in [-0.15, -0.1) is 0 Å². The van der Waals surface area contributed by atoms with Crippen molar-refractivity contribution in [1.29, 1.82) is 0 Å². The largest absolute Gasteiger partial charge is 0.444 e. The molecule has 0 aromatic carbocycles. The molecule has 0 saturated carbocycles. The third kappa shape index (κ3) is 4.22. The van der Waals surface area contributed by atoms with Gasteiger partial charge in [0.05, 0.1) is 17.8 Å². The minimum absolute atomic E-state index is 0.201.